The summed E-state index contributed by atoms with van der Waals surface area (Å²) < 4.78 is 1.87. The van der Waals surface area contributed by atoms with Crippen molar-refractivity contribution in [2.75, 3.05) is 0 Å². The Hall–Kier alpha value is -0.830. The molecule has 4 unspecified atom stereocenters. The normalized spacial score (nSPS) is 31.5. The van der Waals surface area contributed by atoms with Crippen molar-refractivity contribution >= 4 is 0 Å². The molecule has 1 aromatic rings. The monoisotopic (exact) mass is 235 g/mol. The third-order valence-corrected chi connectivity index (χ3v) is 4.56. The molecule has 4 atom stereocenters. The van der Waals surface area contributed by atoms with E-state index in [0.29, 0.717) is 5.92 Å². The number of rotatable bonds is 2. The fraction of sp³-hybridized carbons (Fsp3) is 0.786. The minimum absolute atomic E-state index is 0.165. The summed E-state index contributed by atoms with van der Waals surface area (Å²) in [7, 11) is 1.97. The van der Waals surface area contributed by atoms with Gasteiger partial charge < -0.3 is 5.73 Å². The van der Waals surface area contributed by atoms with Crippen molar-refractivity contribution in [3.8, 4) is 0 Å². The van der Waals surface area contributed by atoms with Crippen molar-refractivity contribution in [1.82, 2.24) is 9.78 Å². The molecule has 1 fully saturated rings. The average molecular weight is 235 g/mol. The minimum Gasteiger partial charge on any atom is -0.324 e. The molecule has 1 saturated carbocycles. The Bertz CT molecular complexity index is 383. The van der Waals surface area contributed by atoms with E-state index in [0.717, 1.165) is 17.5 Å². The summed E-state index contributed by atoms with van der Waals surface area (Å²) in [5.74, 6) is 2.29. The first-order valence-electron chi connectivity index (χ1n) is 6.74. The van der Waals surface area contributed by atoms with Gasteiger partial charge in [0.2, 0.25) is 0 Å². The SMILES string of the molecule is Cc1nn(C)cc1C(N)C1CCC(C)C(C)C1. The molecule has 96 valence electrons. The van der Waals surface area contributed by atoms with Crippen molar-refractivity contribution < 1.29 is 0 Å². The summed E-state index contributed by atoms with van der Waals surface area (Å²) in [5.41, 5.74) is 8.76. The van der Waals surface area contributed by atoms with Crippen LogP contribution in [0.15, 0.2) is 6.20 Å². The number of aromatic nitrogens is 2. The summed E-state index contributed by atoms with van der Waals surface area (Å²) in [6, 6.07) is 0.165. The molecule has 3 heteroatoms. The van der Waals surface area contributed by atoms with E-state index in [1.54, 1.807) is 0 Å². The predicted molar refractivity (Wildman–Crippen MR) is 70.5 cm³/mol. The van der Waals surface area contributed by atoms with Crippen LogP contribution in [0.4, 0.5) is 0 Å². The second-order valence-corrected chi connectivity index (χ2v) is 5.90. The molecule has 0 radical (unpaired) electrons. The Labute approximate surface area is 104 Å². The molecule has 1 aromatic heterocycles. The van der Waals surface area contributed by atoms with Crippen LogP contribution >= 0.6 is 0 Å². The second kappa shape index (κ2) is 4.81. The fourth-order valence-corrected chi connectivity index (χ4v) is 3.11. The Morgan fingerprint density at radius 1 is 1.35 bits per heavy atom. The Kier molecular flexibility index (Phi) is 3.57. The fourth-order valence-electron chi connectivity index (χ4n) is 3.11. The highest BCUT2D eigenvalue weighted by molar-refractivity contribution is 5.20. The molecule has 0 aliphatic heterocycles. The summed E-state index contributed by atoms with van der Waals surface area (Å²) in [5, 5.41) is 4.40. The van der Waals surface area contributed by atoms with Crippen LogP contribution in [0.1, 0.15) is 50.4 Å². The van der Waals surface area contributed by atoms with E-state index in [4.69, 9.17) is 5.73 Å². The van der Waals surface area contributed by atoms with Gasteiger partial charge in [0, 0.05) is 24.8 Å². The maximum absolute atomic E-state index is 6.44. The Balaban J connectivity index is 2.10. The largest absolute Gasteiger partial charge is 0.324 e. The van der Waals surface area contributed by atoms with E-state index in [-0.39, 0.29) is 6.04 Å². The van der Waals surface area contributed by atoms with Crippen LogP contribution in [0, 0.1) is 24.7 Å². The standard InChI is InChI=1S/C14H25N3/c1-9-5-6-12(7-10(9)2)14(15)13-8-17(4)16-11(13)3/h8-10,12,14H,5-7,15H2,1-4H3. The van der Waals surface area contributed by atoms with Gasteiger partial charge in [-0.2, -0.15) is 5.10 Å². The van der Waals surface area contributed by atoms with Gasteiger partial charge in [-0.25, -0.2) is 0 Å². The van der Waals surface area contributed by atoms with Gasteiger partial charge >= 0.3 is 0 Å². The van der Waals surface area contributed by atoms with E-state index >= 15 is 0 Å². The van der Waals surface area contributed by atoms with Gasteiger partial charge in [-0.05, 0) is 37.5 Å². The first-order valence-corrected chi connectivity index (χ1v) is 6.74. The van der Waals surface area contributed by atoms with E-state index in [1.165, 1.54) is 24.8 Å². The van der Waals surface area contributed by atoms with E-state index in [2.05, 4.69) is 32.1 Å². The summed E-state index contributed by atoms with van der Waals surface area (Å²) in [6.07, 6.45) is 5.93. The molecule has 1 heterocycles. The van der Waals surface area contributed by atoms with Gasteiger partial charge in [0.25, 0.3) is 0 Å². The van der Waals surface area contributed by atoms with Crippen LogP contribution in [-0.2, 0) is 7.05 Å². The Morgan fingerprint density at radius 2 is 2.06 bits per heavy atom. The average Bonchev–Trinajstić information content (AvgIpc) is 2.61. The van der Waals surface area contributed by atoms with Crippen molar-refractivity contribution in [3.63, 3.8) is 0 Å². The van der Waals surface area contributed by atoms with Crippen molar-refractivity contribution in [2.24, 2.45) is 30.5 Å². The maximum atomic E-state index is 6.44. The molecular formula is C14H25N3. The molecule has 0 saturated heterocycles. The first kappa shape index (κ1) is 12.6. The van der Waals surface area contributed by atoms with E-state index in [9.17, 15) is 0 Å². The molecule has 0 amide bonds. The zero-order chi connectivity index (χ0) is 12.6. The molecule has 1 aliphatic rings. The highest BCUT2D eigenvalue weighted by Gasteiger charge is 2.30. The third kappa shape index (κ3) is 2.54. The number of nitrogens with two attached hydrogens (primary N) is 1. The lowest BCUT2D eigenvalue weighted by atomic mass is 9.72. The number of nitrogens with zero attached hydrogens (tertiary/aromatic N) is 2. The number of hydrogen-bond acceptors (Lipinski definition) is 2. The second-order valence-electron chi connectivity index (χ2n) is 5.90. The molecule has 1 aliphatic carbocycles. The smallest absolute Gasteiger partial charge is 0.0641 e. The third-order valence-electron chi connectivity index (χ3n) is 4.56. The van der Waals surface area contributed by atoms with Crippen LogP contribution in [0.5, 0.6) is 0 Å². The first-order chi connectivity index (χ1) is 7.99. The van der Waals surface area contributed by atoms with Gasteiger partial charge in [-0.15, -0.1) is 0 Å². The molecule has 3 nitrogen and oxygen atoms in total. The van der Waals surface area contributed by atoms with E-state index < -0.39 is 0 Å². The van der Waals surface area contributed by atoms with Crippen LogP contribution in [0.25, 0.3) is 0 Å². The number of aryl methyl sites for hydroxylation is 2. The van der Waals surface area contributed by atoms with Crippen LogP contribution in [-0.4, -0.2) is 9.78 Å². The highest BCUT2D eigenvalue weighted by Crippen LogP contribution is 2.39. The molecular weight excluding hydrogens is 210 g/mol. The molecule has 0 bridgehead atoms. The summed E-state index contributed by atoms with van der Waals surface area (Å²) in [4.78, 5) is 0. The molecule has 2 rings (SSSR count). The van der Waals surface area contributed by atoms with Crippen LogP contribution in [0.3, 0.4) is 0 Å². The zero-order valence-corrected chi connectivity index (χ0v) is 11.5. The van der Waals surface area contributed by atoms with Crippen molar-refractivity contribution in [1.29, 1.82) is 0 Å². The lowest BCUT2D eigenvalue weighted by molar-refractivity contribution is 0.186. The quantitative estimate of drug-likeness (QED) is 0.856. The topological polar surface area (TPSA) is 43.8 Å². The van der Waals surface area contributed by atoms with Crippen LogP contribution in [0.2, 0.25) is 0 Å². The van der Waals surface area contributed by atoms with Crippen molar-refractivity contribution in [3.05, 3.63) is 17.5 Å². The number of hydrogen-bond donors (Lipinski definition) is 1. The van der Waals surface area contributed by atoms with Crippen LogP contribution < -0.4 is 5.73 Å². The van der Waals surface area contributed by atoms with Gasteiger partial charge in [0.05, 0.1) is 5.69 Å². The maximum Gasteiger partial charge on any atom is 0.0641 e. The highest BCUT2D eigenvalue weighted by atomic mass is 15.2. The zero-order valence-electron chi connectivity index (χ0n) is 11.5. The van der Waals surface area contributed by atoms with Gasteiger partial charge in [0.15, 0.2) is 0 Å². The van der Waals surface area contributed by atoms with Gasteiger partial charge in [-0.3, -0.25) is 4.68 Å². The lowest BCUT2D eigenvalue weighted by Gasteiger charge is -2.35. The molecule has 0 aromatic carbocycles. The molecule has 0 spiro atoms. The molecule has 2 N–H and O–H groups in total. The summed E-state index contributed by atoms with van der Waals surface area (Å²) >= 11 is 0. The minimum atomic E-state index is 0.165. The lowest BCUT2D eigenvalue weighted by Crippen LogP contribution is -2.29. The van der Waals surface area contributed by atoms with E-state index in [1.807, 2.05) is 11.7 Å². The molecule has 17 heavy (non-hydrogen) atoms. The summed E-state index contributed by atoms with van der Waals surface area (Å²) in [6.45, 7) is 6.78. The predicted octanol–water partition coefficient (Wildman–Crippen LogP) is 2.80. The van der Waals surface area contributed by atoms with Gasteiger partial charge in [-0.1, -0.05) is 20.3 Å². The van der Waals surface area contributed by atoms with Crippen molar-refractivity contribution in [2.45, 2.75) is 46.1 Å². The van der Waals surface area contributed by atoms with Gasteiger partial charge in [0.1, 0.15) is 0 Å². The Morgan fingerprint density at radius 3 is 2.59 bits per heavy atom.